The van der Waals surface area contributed by atoms with E-state index in [-0.39, 0.29) is 22.8 Å². The van der Waals surface area contributed by atoms with Gasteiger partial charge in [-0.15, -0.1) is 0 Å². The van der Waals surface area contributed by atoms with Gasteiger partial charge in [0.1, 0.15) is 16.2 Å². The van der Waals surface area contributed by atoms with Crippen molar-refractivity contribution in [2.24, 2.45) is 0 Å². The maximum absolute atomic E-state index is 12.8. The molecule has 1 saturated carbocycles. The average molecular weight is 398 g/mol. The van der Waals surface area contributed by atoms with Crippen LogP contribution in [0.3, 0.4) is 0 Å². The van der Waals surface area contributed by atoms with Crippen LogP contribution in [-0.2, 0) is 19.6 Å². The molecule has 0 atom stereocenters. The highest BCUT2D eigenvalue weighted by Gasteiger charge is 2.42. The number of ether oxygens (including phenoxy) is 2. The Hall–Kier alpha value is -2.13. The summed E-state index contributed by atoms with van der Waals surface area (Å²) in [6.45, 7) is 1.94. The van der Waals surface area contributed by atoms with E-state index in [2.05, 4.69) is 10.0 Å². The van der Waals surface area contributed by atoms with Crippen molar-refractivity contribution in [3.05, 3.63) is 23.8 Å². The van der Waals surface area contributed by atoms with Crippen LogP contribution >= 0.6 is 0 Å². The summed E-state index contributed by atoms with van der Waals surface area (Å²) in [5.74, 6) is -0.853. The first-order chi connectivity index (χ1) is 12.8. The maximum atomic E-state index is 12.8. The van der Waals surface area contributed by atoms with Crippen LogP contribution in [0.15, 0.2) is 23.1 Å². The van der Waals surface area contributed by atoms with Gasteiger partial charge in [-0.25, -0.2) is 17.9 Å². The molecule has 0 spiro atoms. The van der Waals surface area contributed by atoms with Crippen molar-refractivity contribution in [2.75, 3.05) is 20.8 Å². The van der Waals surface area contributed by atoms with Crippen LogP contribution in [0.4, 0.5) is 0 Å². The fourth-order valence-electron chi connectivity index (χ4n) is 3.23. The second kappa shape index (κ2) is 8.71. The van der Waals surface area contributed by atoms with Gasteiger partial charge in [0.15, 0.2) is 0 Å². The van der Waals surface area contributed by atoms with Crippen LogP contribution in [0.25, 0.3) is 0 Å². The Bertz CT molecular complexity index is 800. The molecule has 2 rings (SSSR count). The van der Waals surface area contributed by atoms with E-state index in [0.717, 1.165) is 19.3 Å². The lowest BCUT2D eigenvalue weighted by molar-refractivity contribution is -0.152. The number of nitrogens with one attached hydrogen (secondary N) is 2. The van der Waals surface area contributed by atoms with Gasteiger partial charge < -0.3 is 14.8 Å². The Morgan fingerprint density at radius 2 is 1.85 bits per heavy atom. The number of carbonyl (C=O) groups is 2. The zero-order chi connectivity index (χ0) is 20.1. The summed E-state index contributed by atoms with van der Waals surface area (Å²) >= 11 is 0. The molecular weight excluding hydrogens is 372 g/mol. The standard InChI is InChI=1S/C18H26N2O6S/c1-4-26-17(22)18(10-6-5-7-11-18)20-16(21)13-8-9-14(25-3)15(12-13)27(23,24)19-2/h8-9,12,19H,4-7,10-11H2,1-3H3,(H,20,21). The average Bonchev–Trinajstić information content (AvgIpc) is 2.68. The van der Waals surface area contributed by atoms with Crippen molar-refractivity contribution in [3.63, 3.8) is 0 Å². The van der Waals surface area contributed by atoms with Gasteiger partial charge in [0.05, 0.1) is 13.7 Å². The van der Waals surface area contributed by atoms with E-state index in [4.69, 9.17) is 9.47 Å². The smallest absolute Gasteiger partial charge is 0.331 e. The first-order valence-electron chi connectivity index (χ1n) is 8.91. The summed E-state index contributed by atoms with van der Waals surface area (Å²) in [6, 6.07) is 4.11. The van der Waals surface area contributed by atoms with E-state index in [1.165, 1.54) is 32.4 Å². The van der Waals surface area contributed by atoms with Crippen LogP contribution in [0.1, 0.15) is 49.4 Å². The molecule has 0 saturated heterocycles. The number of methoxy groups -OCH3 is 1. The van der Waals surface area contributed by atoms with E-state index >= 15 is 0 Å². The lowest BCUT2D eigenvalue weighted by Crippen LogP contribution is -2.56. The lowest BCUT2D eigenvalue weighted by atomic mass is 9.81. The molecule has 1 aromatic carbocycles. The highest BCUT2D eigenvalue weighted by Crippen LogP contribution is 2.31. The van der Waals surface area contributed by atoms with Crippen LogP contribution < -0.4 is 14.8 Å². The van der Waals surface area contributed by atoms with E-state index in [0.29, 0.717) is 12.8 Å². The molecule has 0 unspecified atom stereocenters. The van der Waals surface area contributed by atoms with Gasteiger partial charge in [-0.05, 0) is 45.0 Å². The molecule has 150 valence electrons. The molecule has 1 aliphatic carbocycles. The molecule has 2 N–H and O–H groups in total. The summed E-state index contributed by atoms with van der Waals surface area (Å²) in [4.78, 5) is 25.2. The molecule has 1 fully saturated rings. The number of rotatable bonds is 7. The molecule has 1 aliphatic rings. The monoisotopic (exact) mass is 398 g/mol. The van der Waals surface area contributed by atoms with Gasteiger partial charge in [0.25, 0.3) is 5.91 Å². The second-order valence-corrected chi connectivity index (χ2v) is 8.25. The summed E-state index contributed by atoms with van der Waals surface area (Å²) in [5, 5.41) is 2.80. The van der Waals surface area contributed by atoms with Gasteiger partial charge in [-0.3, -0.25) is 4.79 Å². The number of hydrogen-bond donors (Lipinski definition) is 2. The molecule has 8 nitrogen and oxygen atoms in total. The molecule has 1 aromatic rings. The zero-order valence-electron chi connectivity index (χ0n) is 15.8. The van der Waals surface area contributed by atoms with Gasteiger partial charge in [0.2, 0.25) is 10.0 Å². The predicted octanol–water partition coefficient (Wildman–Crippen LogP) is 1.60. The van der Waals surface area contributed by atoms with Crippen molar-refractivity contribution in [1.29, 1.82) is 0 Å². The highest BCUT2D eigenvalue weighted by atomic mass is 32.2. The van der Waals surface area contributed by atoms with Gasteiger partial charge in [-0.2, -0.15) is 0 Å². The van der Waals surface area contributed by atoms with Crippen LogP contribution in [0.2, 0.25) is 0 Å². The van der Waals surface area contributed by atoms with Crippen molar-refractivity contribution >= 4 is 21.9 Å². The van der Waals surface area contributed by atoms with Gasteiger partial charge in [-0.1, -0.05) is 19.3 Å². The van der Waals surface area contributed by atoms with Crippen LogP contribution in [-0.4, -0.2) is 46.6 Å². The molecule has 0 radical (unpaired) electrons. The fourth-order valence-corrected chi connectivity index (χ4v) is 4.15. The summed E-state index contributed by atoms with van der Waals surface area (Å²) in [5.41, 5.74) is -0.952. The van der Waals surface area contributed by atoms with E-state index < -0.39 is 27.4 Å². The minimum absolute atomic E-state index is 0.124. The predicted molar refractivity (Wildman–Crippen MR) is 99.2 cm³/mol. The van der Waals surface area contributed by atoms with Gasteiger partial charge in [0, 0.05) is 5.56 Å². The van der Waals surface area contributed by atoms with Crippen molar-refractivity contribution < 1.29 is 27.5 Å². The molecule has 0 aliphatic heterocycles. The summed E-state index contributed by atoms with van der Waals surface area (Å²) in [7, 11) is -1.19. The van der Waals surface area contributed by atoms with Crippen LogP contribution in [0.5, 0.6) is 5.75 Å². The van der Waals surface area contributed by atoms with Crippen molar-refractivity contribution in [1.82, 2.24) is 10.0 Å². The Kier molecular flexibility index (Phi) is 6.83. The van der Waals surface area contributed by atoms with Gasteiger partial charge >= 0.3 is 5.97 Å². The quantitative estimate of drug-likeness (QED) is 0.675. The number of sulfonamides is 1. The topological polar surface area (TPSA) is 111 Å². The minimum Gasteiger partial charge on any atom is -0.495 e. The Morgan fingerprint density at radius 3 is 2.41 bits per heavy atom. The highest BCUT2D eigenvalue weighted by molar-refractivity contribution is 7.89. The third-order valence-corrected chi connectivity index (χ3v) is 6.15. The molecule has 27 heavy (non-hydrogen) atoms. The number of amides is 1. The van der Waals surface area contributed by atoms with E-state index in [1.54, 1.807) is 6.92 Å². The van der Waals surface area contributed by atoms with E-state index in [1.807, 2.05) is 0 Å². The number of benzene rings is 1. The minimum atomic E-state index is -3.82. The van der Waals surface area contributed by atoms with Crippen LogP contribution in [0, 0.1) is 0 Å². The normalized spacial score (nSPS) is 16.4. The molecule has 0 aromatic heterocycles. The molecule has 9 heteroatoms. The SMILES string of the molecule is CCOC(=O)C1(NC(=O)c2ccc(OC)c(S(=O)(=O)NC)c2)CCCCC1. The third-order valence-electron chi connectivity index (χ3n) is 4.71. The van der Waals surface area contributed by atoms with E-state index in [9.17, 15) is 18.0 Å². The first-order valence-corrected chi connectivity index (χ1v) is 10.4. The number of esters is 1. The van der Waals surface area contributed by atoms with Crippen molar-refractivity contribution in [2.45, 2.75) is 49.5 Å². The molecular formula is C18H26N2O6S. The second-order valence-electron chi connectivity index (χ2n) is 6.39. The number of hydrogen-bond acceptors (Lipinski definition) is 6. The summed E-state index contributed by atoms with van der Waals surface area (Å²) < 4.78 is 36.9. The Balaban J connectivity index is 2.36. The fraction of sp³-hybridized carbons (Fsp3) is 0.556. The molecule has 0 bridgehead atoms. The molecule has 1 amide bonds. The van der Waals surface area contributed by atoms with Crippen molar-refractivity contribution in [3.8, 4) is 5.75 Å². The Labute approximate surface area is 159 Å². The maximum Gasteiger partial charge on any atom is 0.331 e. The third kappa shape index (κ3) is 4.59. The number of carbonyl (C=O) groups excluding carboxylic acids is 2. The Morgan fingerprint density at radius 1 is 1.19 bits per heavy atom. The molecule has 0 heterocycles. The summed E-state index contributed by atoms with van der Waals surface area (Å²) in [6.07, 6.45) is 3.59. The first kappa shape index (κ1) is 21.2. The lowest BCUT2D eigenvalue weighted by Gasteiger charge is -2.35. The zero-order valence-corrected chi connectivity index (χ0v) is 16.6. The largest absolute Gasteiger partial charge is 0.495 e.